The lowest BCUT2D eigenvalue weighted by Crippen LogP contribution is -2.34. The van der Waals surface area contributed by atoms with Gasteiger partial charge >= 0.3 is 5.97 Å². The number of rotatable bonds is 8. The summed E-state index contributed by atoms with van der Waals surface area (Å²) in [5.74, 6) is -0.787. The number of aliphatic hydroxyl groups is 1. The van der Waals surface area contributed by atoms with E-state index in [0.29, 0.717) is 18.4 Å². The minimum Gasteiger partial charge on any atom is -0.507 e. The third-order valence-corrected chi connectivity index (χ3v) is 6.70. The van der Waals surface area contributed by atoms with Crippen LogP contribution in [0.4, 0.5) is 0 Å². The fourth-order valence-corrected chi connectivity index (χ4v) is 4.96. The summed E-state index contributed by atoms with van der Waals surface area (Å²) >= 11 is 4.96. The molecule has 3 aliphatic rings. The van der Waals surface area contributed by atoms with E-state index < -0.39 is 11.9 Å². The lowest BCUT2D eigenvalue weighted by atomic mass is 9.81. The summed E-state index contributed by atoms with van der Waals surface area (Å²) in [6, 6.07) is 9.75. The molecule has 176 valence electrons. The molecule has 0 amide bonds. The van der Waals surface area contributed by atoms with Crippen molar-refractivity contribution in [1.82, 2.24) is 10.3 Å². The molecule has 1 aliphatic carbocycles. The van der Waals surface area contributed by atoms with E-state index in [2.05, 4.69) is 15.4 Å². The fraction of sp³-hybridized carbons (Fsp3) is 0.480. The number of nitrogens with zero attached hydrogens (tertiary/aromatic N) is 2. The van der Waals surface area contributed by atoms with Crippen LogP contribution in [0.5, 0.6) is 0 Å². The van der Waals surface area contributed by atoms with Gasteiger partial charge in [0.2, 0.25) is 0 Å². The maximum absolute atomic E-state index is 13.1. The molecule has 7 nitrogen and oxygen atoms in total. The van der Waals surface area contributed by atoms with Gasteiger partial charge < -0.3 is 20.5 Å². The first kappa shape index (κ1) is 23.4. The Balaban J connectivity index is 1.67. The second-order valence-electron chi connectivity index (χ2n) is 8.87. The third kappa shape index (κ3) is 5.81. The highest BCUT2D eigenvalue weighted by Gasteiger charge is 2.39. The normalized spacial score (nSPS) is 22.4. The number of nitrogens with two attached hydrogens (primary N) is 1. The van der Waals surface area contributed by atoms with Gasteiger partial charge in [-0.2, -0.15) is 5.10 Å². The van der Waals surface area contributed by atoms with Crippen LogP contribution in [0.1, 0.15) is 56.4 Å². The number of benzene rings is 1. The van der Waals surface area contributed by atoms with Crippen molar-refractivity contribution in [2.24, 2.45) is 10.8 Å². The van der Waals surface area contributed by atoms with Crippen molar-refractivity contribution in [3.05, 3.63) is 58.9 Å². The van der Waals surface area contributed by atoms with Gasteiger partial charge in [-0.15, -0.1) is 0 Å². The highest BCUT2D eigenvalue weighted by atomic mass is 32.1. The van der Waals surface area contributed by atoms with E-state index in [4.69, 9.17) is 22.7 Å². The van der Waals surface area contributed by atoms with Gasteiger partial charge in [-0.25, -0.2) is 4.79 Å². The van der Waals surface area contributed by atoms with Gasteiger partial charge in [-0.3, -0.25) is 5.43 Å². The van der Waals surface area contributed by atoms with Gasteiger partial charge in [-0.1, -0.05) is 36.4 Å². The van der Waals surface area contributed by atoms with Crippen molar-refractivity contribution >= 4 is 29.0 Å². The molecule has 0 saturated carbocycles. The molecule has 4 N–H and O–H groups in total. The van der Waals surface area contributed by atoms with Gasteiger partial charge in [0.25, 0.3) is 0 Å². The number of carbonyl (C=O) groups is 1. The first-order valence-electron chi connectivity index (χ1n) is 11.8. The summed E-state index contributed by atoms with van der Waals surface area (Å²) < 4.78 is 5.77. The molecule has 2 heterocycles. The summed E-state index contributed by atoms with van der Waals surface area (Å²) in [6.45, 7) is 3.06. The molecule has 0 aromatic heterocycles. The van der Waals surface area contributed by atoms with Crippen LogP contribution in [0, 0.1) is 0 Å². The summed E-state index contributed by atoms with van der Waals surface area (Å²) in [5.41, 5.74) is 11.2. The molecule has 0 unspecified atom stereocenters. The van der Waals surface area contributed by atoms with E-state index in [9.17, 15) is 9.90 Å². The zero-order valence-electron chi connectivity index (χ0n) is 18.8. The van der Waals surface area contributed by atoms with Gasteiger partial charge in [-0.05, 0) is 69.4 Å². The van der Waals surface area contributed by atoms with Crippen LogP contribution in [0.15, 0.2) is 58.4 Å². The van der Waals surface area contributed by atoms with Crippen LogP contribution in [-0.2, 0) is 9.53 Å². The molecule has 0 spiro atoms. The molecule has 1 aromatic rings. The first-order chi connectivity index (χ1) is 16.0. The monoisotopic (exact) mass is 468 g/mol. The maximum Gasteiger partial charge on any atom is 0.339 e. The van der Waals surface area contributed by atoms with Crippen LogP contribution < -0.4 is 11.2 Å². The predicted octanol–water partition coefficient (Wildman–Crippen LogP) is 3.68. The highest BCUT2D eigenvalue weighted by molar-refractivity contribution is 7.80. The van der Waals surface area contributed by atoms with E-state index in [1.165, 1.54) is 12.8 Å². The van der Waals surface area contributed by atoms with Crippen LogP contribution in [0.2, 0.25) is 0 Å². The largest absolute Gasteiger partial charge is 0.507 e. The SMILES string of the molecule is NC(=S)N/N=C(\CCN1CCCC1)C[C@@H](C1=C(O)C2=CCCC[C@@H]2OC1=O)c1ccccc1. The smallest absolute Gasteiger partial charge is 0.339 e. The standard InChI is InChI=1S/C25H32N4O3S/c26-25(33)28-27-18(12-15-29-13-6-7-14-29)16-20(17-8-2-1-3-9-17)22-23(30)19-10-4-5-11-21(19)32-24(22)31/h1-3,8-10,20-21,30H,4-7,11-16H2,(H3,26,28,33)/b27-18+/t20-,21+/m1/s1. The van der Waals surface area contributed by atoms with Gasteiger partial charge in [0.05, 0.1) is 5.57 Å². The zero-order chi connectivity index (χ0) is 23.2. The number of fused-ring (bicyclic) bond motifs is 1. The quantitative estimate of drug-likeness (QED) is 0.232. The highest BCUT2D eigenvalue weighted by Crippen LogP contribution is 2.40. The van der Waals surface area contributed by atoms with Gasteiger partial charge in [0, 0.05) is 30.2 Å². The molecule has 1 saturated heterocycles. The predicted molar refractivity (Wildman–Crippen MR) is 133 cm³/mol. The molecule has 8 heteroatoms. The number of esters is 1. The molecule has 1 aromatic carbocycles. The van der Waals surface area contributed by atoms with Gasteiger partial charge in [0.15, 0.2) is 5.11 Å². The number of likely N-dealkylation sites (tertiary alicyclic amines) is 1. The number of allylic oxidation sites excluding steroid dienone is 1. The lowest BCUT2D eigenvalue weighted by molar-refractivity contribution is -0.145. The van der Waals surface area contributed by atoms with E-state index in [1.807, 2.05) is 36.4 Å². The summed E-state index contributed by atoms with van der Waals surface area (Å²) in [4.78, 5) is 15.5. The van der Waals surface area contributed by atoms with Crippen LogP contribution in [-0.4, -0.2) is 52.5 Å². The Bertz CT molecular complexity index is 967. The molecule has 4 rings (SSSR count). The molecular weight excluding hydrogens is 436 g/mol. The second-order valence-corrected chi connectivity index (χ2v) is 9.31. The maximum atomic E-state index is 13.1. The number of hydrazone groups is 1. The van der Waals surface area contributed by atoms with Crippen LogP contribution in [0.25, 0.3) is 0 Å². The Morgan fingerprint density at radius 1 is 1.27 bits per heavy atom. The third-order valence-electron chi connectivity index (χ3n) is 6.61. The minimum atomic E-state index is -0.452. The Morgan fingerprint density at radius 3 is 2.76 bits per heavy atom. The molecule has 1 fully saturated rings. The zero-order valence-corrected chi connectivity index (χ0v) is 19.7. The van der Waals surface area contributed by atoms with Crippen molar-refractivity contribution in [3.63, 3.8) is 0 Å². The van der Waals surface area contributed by atoms with Crippen LogP contribution in [0.3, 0.4) is 0 Å². The number of aliphatic hydroxyl groups excluding tert-OH is 1. The topological polar surface area (TPSA) is 100 Å². The molecule has 0 bridgehead atoms. The van der Waals surface area contributed by atoms with E-state index in [-0.39, 0.29) is 17.0 Å². The van der Waals surface area contributed by atoms with Crippen molar-refractivity contribution in [2.45, 2.75) is 57.0 Å². The average molecular weight is 469 g/mol. The fourth-order valence-electron chi connectivity index (χ4n) is 4.91. The summed E-state index contributed by atoms with van der Waals surface area (Å²) in [7, 11) is 0. The van der Waals surface area contributed by atoms with Crippen molar-refractivity contribution in [2.75, 3.05) is 19.6 Å². The number of ether oxygens (including phenoxy) is 1. The number of thiocarbonyl (C=S) groups is 1. The number of carbonyl (C=O) groups excluding carboxylic acids is 1. The first-order valence-corrected chi connectivity index (χ1v) is 12.2. The van der Waals surface area contributed by atoms with Gasteiger partial charge in [0.1, 0.15) is 11.9 Å². The number of nitrogens with one attached hydrogen (secondary N) is 1. The van der Waals surface area contributed by atoms with Crippen molar-refractivity contribution in [1.29, 1.82) is 0 Å². The Hall–Kier alpha value is -2.71. The van der Waals surface area contributed by atoms with E-state index in [1.54, 1.807) is 0 Å². The number of hydrogen-bond donors (Lipinski definition) is 3. The number of hydrogen-bond acceptors (Lipinski definition) is 6. The van der Waals surface area contributed by atoms with Crippen molar-refractivity contribution in [3.8, 4) is 0 Å². The molecular formula is C25H32N4O3S. The molecule has 2 atom stereocenters. The minimum absolute atomic E-state index is 0.0611. The Morgan fingerprint density at radius 2 is 2.03 bits per heavy atom. The van der Waals surface area contributed by atoms with E-state index in [0.717, 1.165) is 55.7 Å². The molecule has 33 heavy (non-hydrogen) atoms. The van der Waals surface area contributed by atoms with E-state index >= 15 is 0 Å². The lowest BCUT2D eigenvalue weighted by Gasteiger charge is -2.32. The average Bonchev–Trinajstić information content (AvgIpc) is 3.34. The Labute approximate surface area is 200 Å². The molecule has 0 radical (unpaired) electrons. The summed E-state index contributed by atoms with van der Waals surface area (Å²) in [5, 5.41) is 15.8. The summed E-state index contributed by atoms with van der Waals surface area (Å²) in [6.07, 6.45) is 7.79. The van der Waals surface area contributed by atoms with Crippen LogP contribution >= 0.6 is 12.2 Å². The Kier molecular flexibility index (Phi) is 7.77. The molecule has 2 aliphatic heterocycles. The van der Waals surface area contributed by atoms with Crippen molar-refractivity contribution < 1.29 is 14.6 Å². The second kappa shape index (κ2) is 10.9.